The molecule has 0 aliphatic rings. The monoisotopic (exact) mass is 246 g/mol. The smallest absolute Gasteiger partial charge is 0.142 e. The molecule has 2 aromatic rings. The summed E-state index contributed by atoms with van der Waals surface area (Å²) in [4.78, 5) is 3.81. The Labute approximate surface area is 106 Å². The van der Waals surface area contributed by atoms with Crippen molar-refractivity contribution in [2.45, 2.75) is 13.5 Å². The van der Waals surface area contributed by atoms with Crippen LogP contribution in [0.25, 0.3) is 0 Å². The molecule has 1 aromatic carbocycles. The second-order valence-electron chi connectivity index (χ2n) is 3.79. The van der Waals surface area contributed by atoms with Crippen molar-refractivity contribution < 1.29 is 9.13 Å². The van der Waals surface area contributed by atoms with E-state index in [9.17, 15) is 4.39 Å². The number of hydrogen-bond donors (Lipinski definition) is 1. The maximum atomic E-state index is 13.0. The largest absolute Gasteiger partial charge is 0.492 e. The normalized spacial score (nSPS) is 10.1. The molecule has 0 aliphatic carbocycles. The van der Waals surface area contributed by atoms with Gasteiger partial charge in [-0.3, -0.25) is 4.98 Å². The van der Waals surface area contributed by atoms with Crippen LogP contribution in [0.5, 0.6) is 5.75 Å². The van der Waals surface area contributed by atoms with Crippen molar-refractivity contribution in [1.29, 1.82) is 0 Å². The molecule has 0 atom stereocenters. The number of ether oxygens (including phenoxy) is 1. The average Bonchev–Trinajstić information content (AvgIpc) is 2.38. The second-order valence-corrected chi connectivity index (χ2v) is 3.79. The zero-order valence-electron chi connectivity index (χ0n) is 10.2. The Morgan fingerprint density at radius 3 is 2.89 bits per heavy atom. The third-order valence-electron chi connectivity index (χ3n) is 2.43. The molecular formula is C14H15FN2O. The molecule has 0 saturated heterocycles. The minimum Gasteiger partial charge on any atom is -0.492 e. The molecule has 1 aromatic heterocycles. The van der Waals surface area contributed by atoms with Crippen LogP contribution < -0.4 is 10.1 Å². The third kappa shape index (κ3) is 3.20. The Morgan fingerprint density at radius 1 is 1.28 bits per heavy atom. The molecule has 0 aliphatic heterocycles. The molecule has 0 spiro atoms. The molecule has 3 nitrogen and oxygen atoms in total. The highest BCUT2D eigenvalue weighted by molar-refractivity contribution is 5.56. The van der Waals surface area contributed by atoms with Crippen molar-refractivity contribution in [2.75, 3.05) is 11.9 Å². The van der Waals surface area contributed by atoms with Crippen LogP contribution in [0.15, 0.2) is 42.7 Å². The summed E-state index contributed by atoms with van der Waals surface area (Å²) in [6.07, 6.45) is 2.83. The third-order valence-corrected chi connectivity index (χ3v) is 2.43. The number of para-hydroxylation sites is 2. The number of halogens is 1. The Kier molecular flexibility index (Phi) is 4.12. The van der Waals surface area contributed by atoms with Crippen molar-refractivity contribution in [1.82, 2.24) is 4.98 Å². The van der Waals surface area contributed by atoms with E-state index in [-0.39, 0.29) is 5.82 Å². The van der Waals surface area contributed by atoms with Crippen molar-refractivity contribution in [2.24, 2.45) is 0 Å². The number of rotatable bonds is 5. The number of benzene rings is 1. The Hall–Kier alpha value is -2.10. The number of nitrogens with zero attached hydrogens (tertiary/aromatic N) is 1. The molecule has 0 saturated carbocycles. The lowest BCUT2D eigenvalue weighted by molar-refractivity contribution is 0.341. The van der Waals surface area contributed by atoms with Gasteiger partial charge in [0.1, 0.15) is 11.6 Å². The highest BCUT2D eigenvalue weighted by atomic mass is 19.1. The molecule has 0 radical (unpaired) electrons. The van der Waals surface area contributed by atoms with Gasteiger partial charge in [0, 0.05) is 12.7 Å². The first-order valence-corrected chi connectivity index (χ1v) is 5.84. The van der Waals surface area contributed by atoms with E-state index in [4.69, 9.17) is 4.74 Å². The van der Waals surface area contributed by atoms with E-state index in [0.717, 1.165) is 17.0 Å². The van der Waals surface area contributed by atoms with Crippen LogP contribution >= 0.6 is 0 Å². The summed E-state index contributed by atoms with van der Waals surface area (Å²) in [5.74, 6) is 0.469. The molecule has 1 heterocycles. The molecule has 0 bridgehead atoms. The summed E-state index contributed by atoms with van der Waals surface area (Å²) in [5.41, 5.74) is 1.69. The van der Waals surface area contributed by atoms with Crippen molar-refractivity contribution in [3.05, 3.63) is 54.1 Å². The summed E-state index contributed by atoms with van der Waals surface area (Å²) < 4.78 is 18.5. The number of pyridine rings is 1. The molecule has 4 heteroatoms. The number of anilines is 1. The number of hydrogen-bond acceptors (Lipinski definition) is 3. The highest BCUT2D eigenvalue weighted by Crippen LogP contribution is 2.24. The summed E-state index contributed by atoms with van der Waals surface area (Å²) >= 11 is 0. The predicted octanol–water partition coefficient (Wildman–Crippen LogP) is 3.23. The lowest BCUT2D eigenvalue weighted by Gasteiger charge is -2.11. The van der Waals surface area contributed by atoms with Gasteiger partial charge in [0.15, 0.2) is 0 Å². The standard InChI is InChI=1S/C14H15FN2O/c1-2-18-14-6-4-3-5-13(14)17-9-11-7-12(15)10-16-8-11/h3-8,10,17H,2,9H2,1H3. The van der Waals surface area contributed by atoms with Gasteiger partial charge in [0.2, 0.25) is 0 Å². The fourth-order valence-corrected chi connectivity index (χ4v) is 1.64. The molecule has 94 valence electrons. The molecular weight excluding hydrogens is 231 g/mol. The predicted molar refractivity (Wildman–Crippen MR) is 69.1 cm³/mol. The van der Waals surface area contributed by atoms with Crippen LogP contribution in [0.3, 0.4) is 0 Å². The first-order valence-electron chi connectivity index (χ1n) is 5.84. The van der Waals surface area contributed by atoms with Gasteiger partial charge >= 0.3 is 0 Å². The SMILES string of the molecule is CCOc1ccccc1NCc1cncc(F)c1. The molecule has 0 unspecified atom stereocenters. The van der Waals surface area contributed by atoms with Crippen molar-refractivity contribution >= 4 is 5.69 Å². The topological polar surface area (TPSA) is 34.1 Å². The molecule has 0 amide bonds. The van der Waals surface area contributed by atoms with Gasteiger partial charge in [0.05, 0.1) is 18.5 Å². The maximum Gasteiger partial charge on any atom is 0.142 e. The summed E-state index contributed by atoms with van der Waals surface area (Å²) in [7, 11) is 0. The van der Waals surface area contributed by atoms with Crippen LogP contribution in [-0.2, 0) is 6.54 Å². The molecule has 0 fully saturated rings. The van der Waals surface area contributed by atoms with E-state index >= 15 is 0 Å². The van der Waals surface area contributed by atoms with Gasteiger partial charge in [-0.25, -0.2) is 4.39 Å². The second kappa shape index (κ2) is 6.00. The zero-order chi connectivity index (χ0) is 12.8. The first kappa shape index (κ1) is 12.4. The Morgan fingerprint density at radius 2 is 2.11 bits per heavy atom. The minimum atomic E-state index is -0.326. The van der Waals surface area contributed by atoms with Crippen LogP contribution in [0.4, 0.5) is 10.1 Å². The van der Waals surface area contributed by atoms with Gasteiger partial charge < -0.3 is 10.1 Å². The zero-order valence-corrected chi connectivity index (χ0v) is 10.2. The van der Waals surface area contributed by atoms with E-state index in [1.165, 1.54) is 12.3 Å². The fourth-order valence-electron chi connectivity index (χ4n) is 1.64. The van der Waals surface area contributed by atoms with E-state index in [1.807, 2.05) is 31.2 Å². The van der Waals surface area contributed by atoms with E-state index in [2.05, 4.69) is 10.3 Å². The molecule has 1 N–H and O–H groups in total. The number of nitrogens with one attached hydrogen (secondary N) is 1. The van der Waals surface area contributed by atoms with Crippen LogP contribution in [-0.4, -0.2) is 11.6 Å². The van der Waals surface area contributed by atoms with Gasteiger partial charge in [-0.2, -0.15) is 0 Å². The lowest BCUT2D eigenvalue weighted by Crippen LogP contribution is -2.03. The fraction of sp³-hybridized carbons (Fsp3) is 0.214. The van der Waals surface area contributed by atoms with Crippen molar-refractivity contribution in [3.63, 3.8) is 0 Å². The van der Waals surface area contributed by atoms with Crippen LogP contribution in [0.2, 0.25) is 0 Å². The minimum absolute atomic E-state index is 0.326. The lowest BCUT2D eigenvalue weighted by atomic mass is 10.2. The summed E-state index contributed by atoms with van der Waals surface area (Å²) in [6.45, 7) is 3.06. The van der Waals surface area contributed by atoms with E-state index < -0.39 is 0 Å². The van der Waals surface area contributed by atoms with E-state index in [1.54, 1.807) is 6.20 Å². The average molecular weight is 246 g/mol. The van der Waals surface area contributed by atoms with Crippen LogP contribution in [0, 0.1) is 5.82 Å². The highest BCUT2D eigenvalue weighted by Gasteiger charge is 2.02. The number of aromatic nitrogens is 1. The summed E-state index contributed by atoms with van der Waals surface area (Å²) in [5, 5.41) is 3.21. The van der Waals surface area contributed by atoms with Crippen LogP contribution in [0.1, 0.15) is 12.5 Å². The van der Waals surface area contributed by atoms with E-state index in [0.29, 0.717) is 13.2 Å². The first-order chi connectivity index (χ1) is 8.79. The molecule has 18 heavy (non-hydrogen) atoms. The van der Waals surface area contributed by atoms with Gasteiger partial charge in [-0.1, -0.05) is 12.1 Å². The van der Waals surface area contributed by atoms with Gasteiger partial charge in [0.25, 0.3) is 0 Å². The maximum absolute atomic E-state index is 13.0. The summed E-state index contributed by atoms with van der Waals surface area (Å²) in [6, 6.07) is 9.13. The van der Waals surface area contributed by atoms with Crippen molar-refractivity contribution in [3.8, 4) is 5.75 Å². The Bertz CT molecular complexity index is 517. The quantitative estimate of drug-likeness (QED) is 0.879. The van der Waals surface area contributed by atoms with Gasteiger partial charge in [-0.15, -0.1) is 0 Å². The Balaban J connectivity index is 2.06. The molecule has 2 rings (SSSR count). The van der Waals surface area contributed by atoms with Gasteiger partial charge in [-0.05, 0) is 30.7 Å².